The van der Waals surface area contributed by atoms with Crippen molar-refractivity contribution in [2.75, 3.05) is 6.61 Å². The van der Waals surface area contributed by atoms with E-state index in [1.807, 2.05) is 0 Å². The van der Waals surface area contributed by atoms with Gasteiger partial charge in [-0.25, -0.2) is 0 Å². The molecular weight excluding hydrogens is 124 g/mol. The molecule has 1 saturated carbocycles. The number of hydrogen-bond donors (Lipinski definition) is 1. The maximum absolute atomic E-state index is 8.92. The molecule has 1 aliphatic carbocycles. The van der Waals surface area contributed by atoms with Crippen LogP contribution in [0.3, 0.4) is 0 Å². The van der Waals surface area contributed by atoms with E-state index in [-0.39, 0.29) is 0 Å². The van der Waals surface area contributed by atoms with Crippen LogP contribution in [0.4, 0.5) is 0 Å². The van der Waals surface area contributed by atoms with Crippen LogP contribution in [0.5, 0.6) is 0 Å². The summed E-state index contributed by atoms with van der Waals surface area (Å²) in [6, 6.07) is 0. The predicted octanol–water partition coefficient (Wildman–Crippen LogP) is 2.20. The number of aliphatic hydroxyl groups is 1. The Kier molecular flexibility index (Phi) is 2.35. The zero-order chi connectivity index (χ0) is 7.61. The predicted molar refractivity (Wildman–Crippen MR) is 42.8 cm³/mol. The molecule has 1 N–H and O–H groups in total. The first-order valence-electron chi connectivity index (χ1n) is 4.25. The SMILES string of the molecule is CC1(C)CCCC(CO)C1. The number of aliphatic hydroxyl groups excluding tert-OH is 1. The summed E-state index contributed by atoms with van der Waals surface area (Å²) in [5, 5.41) is 8.92. The first-order valence-corrected chi connectivity index (χ1v) is 4.25. The zero-order valence-corrected chi connectivity index (χ0v) is 7.06. The van der Waals surface area contributed by atoms with Crippen molar-refractivity contribution in [3.05, 3.63) is 0 Å². The number of hydrogen-bond acceptors (Lipinski definition) is 1. The summed E-state index contributed by atoms with van der Waals surface area (Å²) in [4.78, 5) is 0. The average Bonchev–Trinajstić information content (AvgIpc) is 1.86. The molecule has 0 saturated heterocycles. The van der Waals surface area contributed by atoms with Crippen LogP contribution in [0.1, 0.15) is 39.5 Å². The van der Waals surface area contributed by atoms with Gasteiger partial charge in [0.05, 0.1) is 0 Å². The summed E-state index contributed by atoms with van der Waals surface area (Å²) < 4.78 is 0. The average molecular weight is 142 g/mol. The quantitative estimate of drug-likeness (QED) is 0.595. The fourth-order valence-electron chi connectivity index (χ4n) is 2.01. The second-order valence-electron chi connectivity index (χ2n) is 4.31. The fraction of sp³-hybridized carbons (Fsp3) is 1.00. The molecule has 0 amide bonds. The normalized spacial score (nSPS) is 32.1. The van der Waals surface area contributed by atoms with Gasteiger partial charge in [0.25, 0.3) is 0 Å². The molecule has 0 aliphatic heterocycles. The molecule has 1 heteroatoms. The van der Waals surface area contributed by atoms with E-state index in [1.165, 1.54) is 25.7 Å². The highest BCUT2D eigenvalue weighted by molar-refractivity contribution is 4.78. The molecule has 0 spiro atoms. The Balaban J connectivity index is 2.40. The molecule has 1 aliphatic rings. The summed E-state index contributed by atoms with van der Waals surface area (Å²) in [5.41, 5.74) is 0.492. The summed E-state index contributed by atoms with van der Waals surface area (Å²) in [6.07, 6.45) is 5.09. The van der Waals surface area contributed by atoms with Gasteiger partial charge in [-0.15, -0.1) is 0 Å². The van der Waals surface area contributed by atoms with E-state index in [9.17, 15) is 0 Å². The lowest BCUT2D eigenvalue weighted by Crippen LogP contribution is -2.24. The second-order valence-corrected chi connectivity index (χ2v) is 4.31. The molecule has 0 aromatic heterocycles. The van der Waals surface area contributed by atoms with Gasteiger partial charge in [-0.2, -0.15) is 0 Å². The van der Waals surface area contributed by atoms with E-state index in [2.05, 4.69) is 13.8 Å². The van der Waals surface area contributed by atoms with Gasteiger partial charge >= 0.3 is 0 Å². The van der Waals surface area contributed by atoms with Gasteiger partial charge in [0.2, 0.25) is 0 Å². The highest BCUT2D eigenvalue weighted by Gasteiger charge is 2.26. The van der Waals surface area contributed by atoms with Crippen LogP contribution in [0, 0.1) is 11.3 Å². The van der Waals surface area contributed by atoms with Gasteiger partial charge < -0.3 is 5.11 Å². The molecule has 10 heavy (non-hydrogen) atoms. The molecule has 0 aromatic carbocycles. The van der Waals surface area contributed by atoms with Gasteiger partial charge in [0.1, 0.15) is 0 Å². The third-order valence-corrected chi connectivity index (χ3v) is 2.57. The summed E-state index contributed by atoms with van der Waals surface area (Å²) in [5.74, 6) is 0.587. The lowest BCUT2D eigenvalue weighted by molar-refractivity contribution is 0.119. The van der Waals surface area contributed by atoms with E-state index in [4.69, 9.17) is 5.11 Å². The maximum atomic E-state index is 8.92. The third-order valence-electron chi connectivity index (χ3n) is 2.57. The Morgan fingerprint density at radius 3 is 2.60 bits per heavy atom. The van der Waals surface area contributed by atoms with Gasteiger partial charge in [-0.3, -0.25) is 0 Å². The molecule has 0 bridgehead atoms. The largest absolute Gasteiger partial charge is 0.396 e. The Hall–Kier alpha value is -0.0400. The van der Waals surface area contributed by atoms with Crippen LogP contribution in [0.2, 0.25) is 0 Å². The van der Waals surface area contributed by atoms with E-state index in [0.29, 0.717) is 17.9 Å². The summed E-state index contributed by atoms with van der Waals surface area (Å²) >= 11 is 0. The minimum atomic E-state index is 0.392. The highest BCUT2D eigenvalue weighted by atomic mass is 16.3. The van der Waals surface area contributed by atoms with Crippen molar-refractivity contribution in [1.82, 2.24) is 0 Å². The van der Waals surface area contributed by atoms with Gasteiger partial charge in [-0.05, 0) is 30.6 Å². The summed E-state index contributed by atoms with van der Waals surface area (Å²) in [7, 11) is 0. The molecule has 1 rings (SSSR count). The van der Waals surface area contributed by atoms with Crippen molar-refractivity contribution in [2.24, 2.45) is 11.3 Å². The van der Waals surface area contributed by atoms with Crippen molar-refractivity contribution in [2.45, 2.75) is 39.5 Å². The Labute approximate surface area is 63.4 Å². The van der Waals surface area contributed by atoms with Gasteiger partial charge in [0, 0.05) is 6.61 Å². The first-order chi connectivity index (χ1) is 4.64. The molecule has 0 radical (unpaired) electrons. The van der Waals surface area contributed by atoms with Crippen molar-refractivity contribution >= 4 is 0 Å². The molecule has 0 heterocycles. The van der Waals surface area contributed by atoms with Gasteiger partial charge in [0.15, 0.2) is 0 Å². The first kappa shape index (κ1) is 8.06. The topological polar surface area (TPSA) is 20.2 Å². The highest BCUT2D eigenvalue weighted by Crippen LogP contribution is 2.37. The molecule has 1 atom stereocenters. The van der Waals surface area contributed by atoms with Crippen LogP contribution in [0.25, 0.3) is 0 Å². The Bertz CT molecular complexity index is 107. The van der Waals surface area contributed by atoms with E-state index < -0.39 is 0 Å². The van der Waals surface area contributed by atoms with E-state index in [1.54, 1.807) is 0 Å². The van der Waals surface area contributed by atoms with E-state index in [0.717, 1.165) is 0 Å². The Morgan fingerprint density at radius 2 is 2.20 bits per heavy atom. The van der Waals surface area contributed by atoms with Crippen LogP contribution >= 0.6 is 0 Å². The van der Waals surface area contributed by atoms with Crippen LogP contribution in [-0.2, 0) is 0 Å². The fourth-order valence-corrected chi connectivity index (χ4v) is 2.01. The van der Waals surface area contributed by atoms with Crippen molar-refractivity contribution in [3.8, 4) is 0 Å². The monoisotopic (exact) mass is 142 g/mol. The smallest absolute Gasteiger partial charge is 0.0459 e. The Morgan fingerprint density at radius 1 is 1.50 bits per heavy atom. The lowest BCUT2D eigenvalue weighted by Gasteiger charge is -2.34. The zero-order valence-electron chi connectivity index (χ0n) is 7.06. The molecule has 0 aromatic rings. The lowest BCUT2D eigenvalue weighted by atomic mass is 9.72. The van der Waals surface area contributed by atoms with E-state index >= 15 is 0 Å². The van der Waals surface area contributed by atoms with Crippen LogP contribution in [-0.4, -0.2) is 11.7 Å². The third kappa shape index (κ3) is 1.98. The molecule has 1 nitrogen and oxygen atoms in total. The van der Waals surface area contributed by atoms with Crippen LogP contribution < -0.4 is 0 Å². The van der Waals surface area contributed by atoms with Gasteiger partial charge in [-0.1, -0.05) is 20.3 Å². The molecule has 1 unspecified atom stereocenters. The molecule has 1 fully saturated rings. The minimum Gasteiger partial charge on any atom is -0.396 e. The number of rotatable bonds is 1. The minimum absolute atomic E-state index is 0.392. The molecular formula is C9H18O. The molecule has 60 valence electrons. The van der Waals surface area contributed by atoms with Crippen molar-refractivity contribution in [3.63, 3.8) is 0 Å². The maximum Gasteiger partial charge on any atom is 0.0459 e. The van der Waals surface area contributed by atoms with Crippen molar-refractivity contribution < 1.29 is 5.11 Å². The second kappa shape index (κ2) is 2.91. The standard InChI is InChI=1S/C9H18O/c1-9(2)5-3-4-8(6-9)7-10/h8,10H,3-7H2,1-2H3. The van der Waals surface area contributed by atoms with Crippen LogP contribution in [0.15, 0.2) is 0 Å². The summed E-state index contributed by atoms with van der Waals surface area (Å²) in [6.45, 7) is 4.99. The van der Waals surface area contributed by atoms with Crippen molar-refractivity contribution in [1.29, 1.82) is 0 Å².